The van der Waals surface area contributed by atoms with E-state index in [2.05, 4.69) is 0 Å². The van der Waals surface area contributed by atoms with Crippen LogP contribution in [-0.2, 0) is 6.61 Å². The fourth-order valence-electron chi connectivity index (χ4n) is 1.79. The first-order valence-corrected chi connectivity index (χ1v) is 6.76. The topological polar surface area (TPSA) is 78.4 Å². The highest BCUT2D eigenvalue weighted by Gasteiger charge is 2.07. The minimum Gasteiger partial charge on any atom is -0.487 e. The zero-order valence-electron chi connectivity index (χ0n) is 11.5. The molecule has 0 fully saturated rings. The predicted molar refractivity (Wildman–Crippen MR) is 81.5 cm³/mol. The molecular weight excluding hydrogens is 292 g/mol. The lowest BCUT2D eigenvalue weighted by Crippen LogP contribution is -2.05. The maximum atomic E-state index is 10.6. The second kappa shape index (κ2) is 6.56. The van der Waals surface area contributed by atoms with Crippen LogP contribution in [0.4, 0.5) is 5.69 Å². The van der Waals surface area contributed by atoms with E-state index in [1.807, 2.05) is 13.0 Å². The Kier molecular flexibility index (Phi) is 4.77. The molecule has 1 atom stereocenters. The number of ether oxygens (including phenoxy) is 1. The van der Waals surface area contributed by atoms with Gasteiger partial charge in [-0.05, 0) is 42.3 Å². The summed E-state index contributed by atoms with van der Waals surface area (Å²) in [4.78, 5) is 10.1. The van der Waals surface area contributed by atoms with E-state index in [-0.39, 0.29) is 18.3 Å². The van der Waals surface area contributed by atoms with Gasteiger partial charge in [-0.3, -0.25) is 10.1 Å². The highest BCUT2D eigenvalue weighted by Crippen LogP contribution is 2.28. The molecule has 0 unspecified atom stereocenters. The number of hydrogen-bond donors (Lipinski definition) is 1. The Morgan fingerprint density at radius 3 is 2.48 bits per heavy atom. The molecule has 21 heavy (non-hydrogen) atoms. The molecule has 0 saturated carbocycles. The molecule has 6 heteroatoms. The highest BCUT2D eigenvalue weighted by molar-refractivity contribution is 6.32. The van der Waals surface area contributed by atoms with Crippen LogP contribution in [0.5, 0.6) is 5.75 Å². The third-order valence-corrected chi connectivity index (χ3v) is 3.32. The van der Waals surface area contributed by atoms with E-state index in [0.29, 0.717) is 10.8 Å². The molecule has 2 aromatic rings. The number of halogens is 1. The summed E-state index contributed by atoms with van der Waals surface area (Å²) in [6, 6.07) is 11.5. The van der Waals surface area contributed by atoms with E-state index in [9.17, 15) is 10.1 Å². The van der Waals surface area contributed by atoms with Crippen LogP contribution in [0.15, 0.2) is 42.5 Å². The molecule has 0 spiro atoms. The number of rotatable bonds is 5. The van der Waals surface area contributed by atoms with Crippen LogP contribution in [0.3, 0.4) is 0 Å². The van der Waals surface area contributed by atoms with Gasteiger partial charge < -0.3 is 10.5 Å². The molecule has 0 radical (unpaired) electrons. The molecule has 0 aromatic heterocycles. The molecular formula is C15H15ClN2O3. The lowest BCUT2D eigenvalue weighted by molar-refractivity contribution is -0.384. The third kappa shape index (κ3) is 3.93. The molecule has 0 aliphatic heterocycles. The number of nitro benzene ring substituents is 1. The van der Waals surface area contributed by atoms with E-state index in [0.717, 1.165) is 11.1 Å². The molecule has 2 aromatic carbocycles. The summed E-state index contributed by atoms with van der Waals surface area (Å²) >= 11 is 6.14. The van der Waals surface area contributed by atoms with E-state index in [1.54, 1.807) is 24.3 Å². The molecule has 0 aliphatic rings. The molecule has 0 amide bonds. The summed E-state index contributed by atoms with van der Waals surface area (Å²) in [5, 5.41) is 11.1. The van der Waals surface area contributed by atoms with Crippen molar-refractivity contribution in [3.63, 3.8) is 0 Å². The minimum absolute atomic E-state index is 0.0538. The van der Waals surface area contributed by atoms with Crippen LogP contribution in [-0.4, -0.2) is 4.92 Å². The SMILES string of the molecule is C[C@@H](N)c1ccc(OCc2ccc([N+](=O)[O-])cc2)c(Cl)c1. The van der Waals surface area contributed by atoms with Gasteiger partial charge in [-0.2, -0.15) is 0 Å². The van der Waals surface area contributed by atoms with Gasteiger partial charge in [0.1, 0.15) is 12.4 Å². The molecule has 110 valence electrons. The smallest absolute Gasteiger partial charge is 0.269 e. The highest BCUT2D eigenvalue weighted by atomic mass is 35.5. The van der Waals surface area contributed by atoms with Crippen LogP contribution >= 0.6 is 11.6 Å². The minimum atomic E-state index is -0.436. The maximum Gasteiger partial charge on any atom is 0.269 e. The summed E-state index contributed by atoms with van der Waals surface area (Å²) in [7, 11) is 0. The van der Waals surface area contributed by atoms with Crippen LogP contribution in [0.25, 0.3) is 0 Å². The Morgan fingerprint density at radius 2 is 1.95 bits per heavy atom. The molecule has 0 aliphatic carbocycles. The van der Waals surface area contributed by atoms with Crippen molar-refractivity contribution < 1.29 is 9.66 Å². The number of nitro groups is 1. The molecule has 5 nitrogen and oxygen atoms in total. The van der Waals surface area contributed by atoms with Gasteiger partial charge in [-0.1, -0.05) is 17.7 Å². The Balaban J connectivity index is 2.04. The van der Waals surface area contributed by atoms with Crippen LogP contribution in [0.1, 0.15) is 24.1 Å². The summed E-state index contributed by atoms with van der Waals surface area (Å²) in [5.74, 6) is 0.555. The Labute approximate surface area is 127 Å². The van der Waals surface area contributed by atoms with Crippen LogP contribution in [0.2, 0.25) is 5.02 Å². The van der Waals surface area contributed by atoms with Crippen LogP contribution < -0.4 is 10.5 Å². The van der Waals surface area contributed by atoms with Crippen molar-refractivity contribution in [2.45, 2.75) is 19.6 Å². The monoisotopic (exact) mass is 306 g/mol. The van der Waals surface area contributed by atoms with E-state index < -0.39 is 4.92 Å². The zero-order chi connectivity index (χ0) is 15.4. The van der Waals surface area contributed by atoms with Crippen molar-refractivity contribution in [2.75, 3.05) is 0 Å². The van der Waals surface area contributed by atoms with Gasteiger partial charge in [-0.25, -0.2) is 0 Å². The molecule has 2 N–H and O–H groups in total. The number of nitrogens with zero attached hydrogens (tertiary/aromatic N) is 1. The predicted octanol–water partition coefficient (Wildman–Crippen LogP) is 3.85. The first-order valence-electron chi connectivity index (χ1n) is 6.38. The number of non-ortho nitro benzene ring substituents is 1. The van der Waals surface area contributed by atoms with Crippen molar-refractivity contribution in [3.8, 4) is 5.75 Å². The first kappa shape index (κ1) is 15.3. The maximum absolute atomic E-state index is 10.6. The number of nitrogens with two attached hydrogens (primary N) is 1. The second-order valence-corrected chi connectivity index (χ2v) is 5.10. The summed E-state index contributed by atoms with van der Waals surface area (Å²) in [6.07, 6.45) is 0. The van der Waals surface area contributed by atoms with Crippen molar-refractivity contribution in [2.24, 2.45) is 5.73 Å². The molecule has 0 bridgehead atoms. The van der Waals surface area contributed by atoms with E-state index >= 15 is 0 Å². The number of hydrogen-bond acceptors (Lipinski definition) is 4. The van der Waals surface area contributed by atoms with Crippen molar-refractivity contribution in [1.29, 1.82) is 0 Å². The van der Waals surface area contributed by atoms with E-state index in [4.69, 9.17) is 22.1 Å². The zero-order valence-corrected chi connectivity index (χ0v) is 12.2. The summed E-state index contributed by atoms with van der Waals surface area (Å²) in [6.45, 7) is 2.16. The van der Waals surface area contributed by atoms with Gasteiger partial charge in [0.25, 0.3) is 5.69 Å². The fraction of sp³-hybridized carbons (Fsp3) is 0.200. The molecule has 0 heterocycles. The van der Waals surface area contributed by atoms with Gasteiger partial charge in [-0.15, -0.1) is 0 Å². The Hall–Kier alpha value is -2.11. The second-order valence-electron chi connectivity index (χ2n) is 4.69. The van der Waals surface area contributed by atoms with Gasteiger partial charge >= 0.3 is 0 Å². The average Bonchev–Trinajstić information content (AvgIpc) is 2.46. The normalized spacial score (nSPS) is 12.0. The standard InChI is InChI=1S/C15H15ClN2O3/c1-10(17)12-4-7-15(14(16)8-12)21-9-11-2-5-13(6-3-11)18(19)20/h2-8,10H,9,17H2,1H3/t10-/m1/s1. The lowest BCUT2D eigenvalue weighted by Gasteiger charge is -2.11. The van der Waals surface area contributed by atoms with Gasteiger partial charge in [0.05, 0.1) is 9.95 Å². The van der Waals surface area contributed by atoms with Gasteiger partial charge in [0, 0.05) is 18.2 Å². The Bertz CT molecular complexity index is 642. The average molecular weight is 307 g/mol. The summed E-state index contributed by atoms with van der Waals surface area (Å²) in [5.41, 5.74) is 7.60. The van der Waals surface area contributed by atoms with Crippen molar-refractivity contribution >= 4 is 17.3 Å². The summed E-state index contributed by atoms with van der Waals surface area (Å²) < 4.78 is 5.62. The van der Waals surface area contributed by atoms with Gasteiger partial charge in [0.2, 0.25) is 0 Å². The van der Waals surface area contributed by atoms with Crippen molar-refractivity contribution in [3.05, 3.63) is 68.7 Å². The van der Waals surface area contributed by atoms with Crippen LogP contribution in [0, 0.1) is 10.1 Å². The van der Waals surface area contributed by atoms with Gasteiger partial charge in [0.15, 0.2) is 0 Å². The molecule has 2 rings (SSSR count). The number of benzene rings is 2. The first-order chi connectivity index (χ1) is 9.97. The molecule has 0 saturated heterocycles. The largest absolute Gasteiger partial charge is 0.487 e. The fourth-order valence-corrected chi connectivity index (χ4v) is 2.04. The lowest BCUT2D eigenvalue weighted by atomic mass is 10.1. The third-order valence-electron chi connectivity index (χ3n) is 3.02. The van der Waals surface area contributed by atoms with Crippen molar-refractivity contribution in [1.82, 2.24) is 0 Å². The Morgan fingerprint density at radius 1 is 1.29 bits per heavy atom. The quantitative estimate of drug-likeness (QED) is 0.672. The van der Waals surface area contributed by atoms with E-state index in [1.165, 1.54) is 12.1 Å².